The molecule has 0 amide bonds. The molecule has 0 fully saturated rings. The van der Waals surface area contributed by atoms with E-state index in [4.69, 9.17) is 28.9 Å². The van der Waals surface area contributed by atoms with Crippen LogP contribution >= 0.6 is 23.2 Å². The van der Waals surface area contributed by atoms with Crippen LogP contribution in [0.4, 0.5) is 14.5 Å². The van der Waals surface area contributed by atoms with Gasteiger partial charge in [0.15, 0.2) is 16.8 Å². The summed E-state index contributed by atoms with van der Waals surface area (Å²) in [4.78, 5) is 0. The molecular weight excluding hydrogens is 259 g/mol. The molecule has 0 aliphatic rings. The maximum Gasteiger partial charge on any atom is 0.156 e. The van der Waals surface area contributed by atoms with Crippen molar-refractivity contribution in [2.24, 2.45) is 0 Å². The quantitative estimate of drug-likeness (QED) is 0.860. The normalized spacial score (nSPS) is 10.8. The van der Waals surface area contributed by atoms with Gasteiger partial charge in [0.1, 0.15) is 5.69 Å². The number of hydrogen-bond acceptors (Lipinski definition) is 2. The van der Waals surface area contributed by atoms with Crippen molar-refractivity contribution in [3.8, 4) is 5.69 Å². The molecule has 16 heavy (non-hydrogen) atoms. The zero-order valence-corrected chi connectivity index (χ0v) is 9.23. The number of aromatic nitrogens is 2. The Hall–Kier alpha value is -1.33. The van der Waals surface area contributed by atoms with E-state index in [9.17, 15) is 8.78 Å². The van der Waals surface area contributed by atoms with E-state index in [1.807, 2.05) is 0 Å². The topological polar surface area (TPSA) is 43.8 Å². The minimum Gasteiger partial charge on any atom is -0.395 e. The van der Waals surface area contributed by atoms with E-state index in [0.717, 1.165) is 16.8 Å². The summed E-state index contributed by atoms with van der Waals surface area (Å²) in [5.74, 6) is -1.73. The van der Waals surface area contributed by atoms with Crippen LogP contribution in [0.15, 0.2) is 18.3 Å². The third-order valence-electron chi connectivity index (χ3n) is 1.93. The molecule has 2 N–H and O–H groups in total. The van der Waals surface area contributed by atoms with Crippen LogP contribution in [-0.2, 0) is 0 Å². The first-order chi connectivity index (χ1) is 7.50. The summed E-state index contributed by atoms with van der Waals surface area (Å²) in [6.07, 6.45) is 1.20. The summed E-state index contributed by atoms with van der Waals surface area (Å²) in [6, 6.07) is 1.93. The van der Waals surface area contributed by atoms with Gasteiger partial charge >= 0.3 is 0 Å². The van der Waals surface area contributed by atoms with Gasteiger partial charge in [-0.15, -0.1) is 0 Å². The number of nitrogen functional groups attached to an aromatic ring is 1. The van der Waals surface area contributed by atoms with Crippen LogP contribution in [0, 0.1) is 11.6 Å². The molecule has 1 aromatic carbocycles. The lowest BCUT2D eigenvalue weighted by molar-refractivity contribution is 0.560. The number of hydrogen-bond donors (Lipinski definition) is 1. The standard InChI is InChI=1S/C9H5Cl2F2N3/c10-4-1-5(12)8(6(13)2-4)16-9(11)7(14)3-15-16/h1-3H,14H2. The summed E-state index contributed by atoms with van der Waals surface area (Å²) < 4.78 is 27.9. The second-order valence-electron chi connectivity index (χ2n) is 3.02. The molecule has 84 valence electrons. The zero-order chi connectivity index (χ0) is 11.9. The van der Waals surface area contributed by atoms with E-state index in [2.05, 4.69) is 5.10 Å². The highest BCUT2D eigenvalue weighted by Crippen LogP contribution is 2.27. The van der Waals surface area contributed by atoms with E-state index < -0.39 is 17.3 Å². The lowest BCUT2D eigenvalue weighted by Crippen LogP contribution is -2.03. The molecular formula is C9H5Cl2F2N3. The Morgan fingerprint density at radius 1 is 1.19 bits per heavy atom. The second-order valence-corrected chi connectivity index (χ2v) is 3.82. The lowest BCUT2D eigenvalue weighted by Gasteiger charge is -2.06. The summed E-state index contributed by atoms with van der Waals surface area (Å²) in [6.45, 7) is 0. The van der Waals surface area contributed by atoms with E-state index in [0.29, 0.717) is 0 Å². The van der Waals surface area contributed by atoms with Crippen molar-refractivity contribution < 1.29 is 8.78 Å². The SMILES string of the molecule is Nc1cnn(-c2c(F)cc(Cl)cc2F)c1Cl. The van der Waals surface area contributed by atoms with E-state index in [-0.39, 0.29) is 15.9 Å². The Kier molecular flexibility index (Phi) is 2.73. The molecule has 1 aromatic heterocycles. The predicted molar refractivity (Wildman–Crippen MR) is 57.9 cm³/mol. The average Bonchev–Trinajstić information content (AvgIpc) is 2.48. The van der Waals surface area contributed by atoms with Crippen LogP contribution < -0.4 is 5.73 Å². The molecule has 0 aliphatic heterocycles. The second kappa shape index (κ2) is 3.92. The van der Waals surface area contributed by atoms with E-state index in [1.54, 1.807) is 0 Å². The highest BCUT2D eigenvalue weighted by Gasteiger charge is 2.17. The molecule has 0 spiro atoms. The fraction of sp³-hybridized carbons (Fsp3) is 0. The van der Waals surface area contributed by atoms with Crippen molar-refractivity contribution >= 4 is 28.9 Å². The molecule has 2 aromatic rings. The number of benzene rings is 1. The number of anilines is 1. The Morgan fingerprint density at radius 3 is 2.19 bits per heavy atom. The molecule has 1 heterocycles. The predicted octanol–water partition coefficient (Wildman–Crippen LogP) is 3.04. The maximum atomic E-state index is 13.5. The Morgan fingerprint density at radius 2 is 1.75 bits per heavy atom. The number of rotatable bonds is 1. The third kappa shape index (κ3) is 1.72. The smallest absolute Gasteiger partial charge is 0.156 e. The van der Waals surface area contributed by atoms with Crippen LogP contribution in [-0.4, -0.2) is 9.78 Å². The average molecular weight is 264 g/mol. The monoisotopic (exact) mass is 263 g/mol. The van der Waals surface area contributed by atoms with Gasteiger partial charge in [0.25, 0.3) is 0 Å². The molecule has 3 nitrogen and oxygen atoms in total. The van der Waals surface area contributed by atoms with Gasteiger partial charge in [-0.2, -0.15) is 5.10 Å². The molecule has 0 atom stereocenters. The fourth-order valence-electron chi connectivity index (χ4n) is 1.24. The summed E-state index contributed by atoms with van der Waals surface area (Å²) >= 11 is 11.2. The number of halogens is 4. The minimum atomic E-state index is -0.866. The molecule has 0 radical (unpaired) electrons. The maximum absolute atomic E-state index is 13.5. The summed E-state index contributed by atoms with van der Waals surface area (Å²) in [5.41, 5.74) is 5.15. The Bertz CT molecular complexity index is 531. The molecule has 2 rings (SSSR count). The van der Waals surface area contributed by atoms with Crippen LogP contribution in [0.2, 0.25) is 10.2 Å². The lowest BCUT2D eigenvalue weighted by atomic mass is 10.3. The van der Waals surface area contributed by atoms with Crippen molar-refractivity contribution in [2.75, 3.05) is 5.73 Å². The molecule has 0 unspecified atom stereocenters. The summed E-state index contributed by atoms with van der Waals surface area (Å²) in [7, 11) is 0. The Labute approximate surface area is 99.4 Å². The first kappa shape index (κ1) is 11.2. The highest BCUT2D eigenvalue weighted by atomic mass is 35.5. The molecule has 0 saturated heterocycles. The van der Waals surface area contributed by atoms with Crippen molar-refractivity contribution in [3.63, 3.8) is 0 Å². The van der Waals surface area contributed by atoms with Gasteiger partial charge in [-0.3, -0.25) is 0 Å². The summed E-state index contributed by atoms with van der Waals surface area (Å²) in [5, 5.41) is 3.57. The van der Waals surface area contributed by atoms with Gasteiger partial charge in [-0.1, -0.05) is 23.2 Å². The van der Waals surface area contributed by atoms with Crippen molar-refractivity contribution in [1.29, 1.82) is 0 Å². The van der Waals surface area contributed by atoms with E-state index in [1.165, 1.54) is 6.20 Å². The number of nitrogens with zero attached hydrogens (tertiary/aromatic N) is 2. The largest absolute Gasteiger partial charge is 0.395 e. The van der Waals surface area contributed by atoms with Crippen molar-refractivity contribution in [3.05, 3.63) is 40.1 Å². The highest BCUT2D eigenvalue weighted by molar-refractivity contribution is 6.32. The van der Waals surface area contributed by atoms with Crippen molar-refractivity contribution in [2.45, 2.75) is 0 Å². The molecule has 0 bridgehead atoms. The van der Waals surface area contributed by atoms with Gasteiger partial charge in [0, 0.05) is 5.02 Å². The van der Waals surface area contributed by atoms with Gasteiger partial charge in [0.05, 0.1) is 11.9 Å². The van der Waals surface area contributed by atoms with Gasteiger partial charge < -0.3 is 5.73 Å². The zero-order valence-electron chi connectivity index (χ0n) is 7.72. The van der Waals surface area contributed by atoms with Crippen LogP contribution in [0.1, 0.15) is 0 Å². The van der Waals surface area contributed by atoms with Gasteiger partial charge in [-0.05, 0) is 12.1 Å². The minimum absolute atomic E-state index is 0.0463. The first-order valence-corrected chi connectivity index (χ1v) is 4.90. The Balaban J connectivity index is 2.69. The first-order valence-electron chi connectivity index (χ1n) is 4.14. The molecule has 0 saturated carbocycles. The van der Waals surface area contributed by atoms with Gasteiger partial charge in [-0.25, -0.2) is 13.5 Å². The third-order valence-corrected chi connectivity index (χ3v) is 2.53. The van der Waals surface area contributed by atoms with E-state index >= 15 is 0 Å². The number of nitrogens with two attached hydrogens (primary N) is 1. The van der Waals surface area contributed by atoms with Crippen LogP contribution in [0.3, 0.4) is 0 Å². The van der Waals surface area contributed by atoms with Gasteiger partial charge in [0.2, 0.25) is 0 Å². The van der Waals surface area contributed by atoms with Crippen LogP contribution in [0.5, 0.6) is 0 Å². The fourth-order valence-corrected chi connectivity index (χ4v) is 1.61. The molecule has 7 heteroatoms. The van der Waals surface area contributed by atoms with Crippen LogP contribution in [0.25, 0.3) is 5.69 Å². The molecule has 0 aliphatic carbocycles. The van der Waals surface area contributed by atoms with Crippen molar-refractivity contribution in [1.82, 2.24) is 9.78 Å².